The van der Waals surface area contributed by atoms with E-state index in [0.717, 1.165) is 0 Å². The second-order valence-electron chi connectivity index (χ2n) is 4.60. The molecule has 2 heterocycles. The fourth-order valence-corrected chi connectivity index (χ4v) is 3.51. The molecule has 1 amide bonds. The SMILES string of the molecule is CNc1cc(C(=O)N2CCCS(=O)(=O)CC2)c(Cl)cn1. The molecule has 8 heteroatoms. The molecule has 0 radical (unpaired) electrons. The minimum Gasteiger partial charge on any atom is -0.373 e. The number of carbonyl (C=O) groups excluding carboxylic acids is 1. The first-order valence-electron chi connectivity index (χ1n) is 6.26. The molecule has 1 fully saturated rings. The van der Waals surface area contributed by atoms with Crippen LogP contribution in [0, 0.1) is 0 Å². The van der Waals surface area contributed by atoms with Crippen molar-refractivity contribution in [2.24, 2.45) is 0 Å². The van der Waals surface area contributed by atoms with E-state index in [-0.39, 0.29) is 29.0 Å². The summed E-state index contributed by atoms with van der Waals surface area (Å²) in [5, 5.41) is 3.11. The van der Waals surface area contributed by atoms with Crippen LogP contribution in [0.25, 0.3) is 0 Å². The van der Waals surface area contributed by atoms with Crippen molar-refractivity contribution in [3.8, 4) is 0 Å². The summed E-state index contributed by atoms with van der Waals surface area (Å²) in [6.07, 6.45) is 1.87. The number of hydrogen-bond acceptors (Lipinski definition) is 5. The molecule has 1 N–H and O–H groups in total. The Balaban J connectivity index is 2.23. The van der Waals surface area contributed by atoms with E-state index < -0.39 is 9.84 Å². The van der Waals surface area contributed by atoms with Crippen molar-refractivity contribution in [2.45, 2.75) is 6.42 Å². The van der Waals surface area contributed by atoms with Gasteiger partial charge in [0.2, 0.25) is 0 Å². The van der Waals surface area contributed by atoms with Gasteiger partial charge in [0.25, 0.3) is 5.91 Å². The zero-order valence-electron chi connectivity index (χ0n) is 11.1. The van der Waals surface area contributed by atoms with Gasteiger partial charge >= 0.3 is 0 Å². The number of carbonyl (C=O) groups is 1. The lowest BCUT2D eigenvalue weighted by Crippen LogP contribution is -2.33. The molecule has 20 heavy (non-hydrogen) atoms. The number of nitrogens with one attached hydrogen (secondary N) is 1. The Morgan fingerprint density at radius 3 is 2.85 bits per heavy atom. The Kier molecular flexibility index (Phi) is 4.49. The summed E-state index contributed by atoms with van der Waals surface area (Å²) in [5.41, 5.74) is 0.338. The van der Waals surface area contributed by atoms with E-state index in [0.29, 0.717) is 24.3 Å². The molecule has 1 aliphatic heterocycles. The first-order valence-corrected chi connectivity index (χ1v) is 8.46. The van der Waals surface area contributed by atoms with Gasteiger partial charge in [-0.3, -0.25) is 4.79 Å². The summed E-state index contributed by atoms with van der Waals surface area (Å²) < 4.78 is 23.1. The summed E-state index contributed by atoms with van der Waals surface area (Å²) in [7, 11) is -1.34. The zero-order chi connectivity index (χ0) is 14.8. The van der Waals surface area contributed by atoms with Crippen LogP contribution in [0.4, 0.5) is 5.82 Å². The molecule has 6 nitrogen and oxygen atoms in total. The van der Waals surface area contributed by atoms with Crippen molar-refractivity contribution in [1.82, 2.24) is 9.88 Å². The minimum atomic E-state index is -3.04. The Morgan fingerprint density at radius 2 is 2.15 bits per heavy atom. The van der Waals surface area contributed by atoms with Crippen molar-refractivity contribution >= 4 is 33.2 Å². The van der Waals surface area contributed by atoms with Gasteiger partial charge in [0.05, 0.1) is 22.1 Å². The van der Waals surface area contributed by atoms with Crippen molar-refractivity contribution in [3.05, 3.63) is 22.8 Å². The molecule has 2 rings (SSSR count). The maximum atomic E-state index is 12.4. The minimum absolute atomic E-state index is 0.000325. The number of nitrogens with zero attached hydrogens (tertiary/aromatic N) is 2. The number of sulfone groups is 1. The molecule has 0 bridgehead atoms. The van der Waals surface area contributed by atoms with Crippen LogP contribution in [0.2, 0.25) is 5.02 Å². The molecule has 1 aliphatic rings. The second kappa shape index (κ2) is 5.97. The van der Waals surface area contributed by atoms with Gasteiger partial charge in [0, 0.05) is 26.3 Å². The second-order valence-corrected chi connectivity index (χ2v) is 7.31. The Hall–Kier alpha value is -1.34. The average molecular weight is 318 g/mol. The largest absolute Gasteiger partial charge is 0.373 e. The summed E-state index contributed by atoms with van der Waals surface area (Å²) in [6, 6.07) is 1.57. The topological polar surface area (TPSA) is 79.4 Å². The molecule has 0 saturated carbocycles. The molecule has 0 spiro atoms. The van der Waals surface area contributed by atoms with Crippen LogP contribution in [-0.4, -0.2) is 55.9 Å². The predicted molar refractivity (Wildman–Crippen MR) is 78.0 cm³/mol. The number of hydrogen-bond donors (Lipinski definition) is 1. The van der Waals surface area contributed by atoms with E-state index in [1.165, 1.54) is 11.1 Å². The van der Waals surface area contributed by atoms with Crippen LogP contribution in [0.15, 0.2) is 12.3 Å². The smallest absolute Gasteiger partial charge is 0.255 e. The summed E-state index contributed by atoms with van der Waals surface area (Å²) in [5.74, 6) is 0.411. The lowest BCUT2D eigenvalue weighted by Gasteiger charge is -2.20. The molecular formula is C12H16ClN3O3S. The van der Waals surface area contributed by atoms with Crippen LogP contribution < -0.4 is 5.32 Å². The number of pyridine rings is 1. The van der Waals surface area contributed by atoms with Crippen LogP contribution in [0.3, 0.4) is 0 Å². The maximum Gasteiger partial charge on any atom is 0.255 e. The van der Waals surface area contributed by atoms with Crippen molar-refractivity contribution in [2.75, 3.05) is 37.0 Å². The van der Waals surface area contributed by atoms with Gasteiger partial charge in [-0.2, -0.15) is 0 Å². The summed E-state index contributed by atoms with van der Waals surface area (Å²) >= 11 is 6.01. The highest BCUT2D eigenvalue weighted by molar-refractivity contribution is 7.91. The standard InChI is InChI=1S/C12H16ClN3O3S/c1-14-11-7-9(10(13)8-15-11)12(17)16-3-2-5-20(18,19)6-4-16/h7-8H,2-6H2,1H3,(H,14,15). The maximum absolute atomic E-state index is 12.4. The highest BCUT2D eigenvalue weighted by atomic mass is 35.5. The first-order chi connectivity index (χ1) is 9.43. The molecule has 0 aromatic carbocycles. The van der Waals surface area contributed by atoms with E-state index in [9.17, 15) is 13.2 Å². The third kappa shape index (κ3) is 3.40. The number of aromatic nitrogens is 1. The average Bonchev–Trinajstić information content (AvgIpc) is 2.59. The van der Waals surface area contributed by atoms with Crippen LogP contribution in [0.1, 0.15) is 16.8 Å². The molecular weight excluding hydrogens is 302 g/mol. The molecule has 1 saturated heterocycles. The lowest BCUT2D eigenvalue weighted by atomic mass is 10.2. The van der Waals surface area contributed by atoms with E-state index in [1.807, 2.05) is 0 Å². The first kappa shape index (κ1) is 15.1. The molecule has 1 aromatic heterocycles. The number of rotatable bonds is 2. The molecule has 0 unspecified atom stereocenters. The number of halogens is 1. The highest BCUT2D eigenvalue weighted by Crippen LogP contribution is 2.20. The zero-order valence-corrected chi connectivity index (χ0v) is 12.7. The van der Waals surface area contributed by atoms with Crippen LogP contribution in [0.5, 0.6) is 0 Å². The van der Waals surface area contributed by atoms with Gasteiger partial charge < -0.3 is 10.2 Å². The Labute approximate surface area is 123 Å². The van der Waals surface area contributed by atoms with E-state index in [1.54, 1.807) is 13.1 Å². The Morgan fingerprint density at radius 1 is 1.40 bits per heavy atom. The third-order valence-electron chi connectivity index (χ3n) is 3.18. The molecule has 0 aliphatic carbocycles. The van der Waals surface area contributed by atoms with E-state index in [4.69, 9.17) is 11.6 Å². The van der Waals surface area contributed by atoms with Crippen molar-refractivity contribution in [3.63, 3.8) is 0 Å². The van der Waals surface area contributed by atoms with E-state index >= 15 is 0 Å². The fraction of sp³-hybridized carbons (Fsp3) is 0.500. The number of anilines is 1. The number of amides is 1. The molecule has 0 atom stereocenters. The van der Waals surface area contributed by atoms with Crippen LogP contribution in [-0.2, 0) is 9.84 Å². The monoisotopic (exact) mass is 317 g/mol. The van der Waals surface area contributed by atoms with Crippen molar-refractivity contribution < 1.29 is 13.2 Å². The molecule has 1 aromatic rings. The summed E-state index contributed by atoms with van der Waals surface area (Å²) in [6.45, 7) is 0.625. The quantitative estimate of drug-likeness (QED) is 0.881. The van der Waals surface area contributed by atoms with Gasteiger partial charge in [-0.05, 0) is 12.5 Å². The highest BCUT2D eigenvalue weighted by Gasteiger charge is 2.24. The van der Waals surface area contributed by atoms with Gasteiger partial charge in [-0.1, -0.05) is 11.6 Å². The van der Waals surface area contributed by atoms with Crippen molar-refractivity contribution in [1.29, 1.82) is 0 Å². The predicted octanol–water partition coefficient (Wildman–Crippen LogP) is 1.04. The van der Waals surface area contributed by atoms with Gasteiger partial charge in [0.15, 0.2) is 9.84 Å². The lowest BCUT2D eigenvalue weighted by molar-refractivity contribution is 0.0768. The third-order valence-corrected chi connectivity index (χ3v) is 5.20. The normalized spacial score (nSPS) is 18.4. The fourth-order valence-electron chi connectivity index (χ4n) is 2.05. The van der Waals surface area contributed by atoms with Crippen LogP contribution >= 0.6 is 11.6 Å². The van der Waals surface area contributed by atoms with Gasteiger partial charge in [-0.25, -0.2) is 13.4 Å². The summed E-state index contributed by atoms with van der Waals surface area (Å²) in [4.78, 5) is 18.0. The van der Waals surface area contributed by atoms with E-state index in [2.05, 4.69) is 10.3 Å². The van der Waals surface area contributed by atoms with Gasteiger partial charge in [0.1, 0.15) is 5.82 Å². The Bertz CT molecular complexity index is 618. The molecule has 110 valence electrons. The van der Waals surface area contributed by atoms with Gasteiger partial charge in [-0.15, -0.1) is 0 Å².